The number of H-pyrrole nitrogens is 1. The van der Waals surface area contributed by atoms with Crippen LogP contribution in [-0.2, 0) is 6.54 Å². The number of hydrogen-bond donors (Lipinski definition) is 2. The lowest BCUT2D eigenvalue weighted by molar-refractivity contribution is 0.281. The number of aromatic nitrogens is 5. The number of nitrogens with zero attached hydrogens (tertiary/aromatic N) is 4. The SMILES string of the molecule is Cc1ccc(-c2cn3c(=O)c4ncn(CCCCO)c4nc3[nH]2)cc1. The number of rotatable bonds is 5. The molecule has 3 heterocycles. The summed E-state index contributed by atoms with van der Waals surface area (Å²) in [5.41, 5.74) is 3.76. The van der Waals surface area contributed by atoms with Crippen LogP contribution in [-0.4, -0.2) is 35.6 Å². The number of fused-ring (bicyclic) bond motifs is 2. The minimum absolute atomic E-state index is 0.156. The highest BCUT2D eigenvalue weighted by atomic mass is 16.2. The normalized spacial score (nSPS) is 11.6. The Morgan fingerprint density at radius 1 is 1.20 bits per heavy atom. The summed E-state index contributed by atoms with van der Waals surface area (Å²) in [5, 5.41) is 8.92. The molecule has 0 amide bonds. The number of benzene rings is 1. The molecule has 0 radical (unpaired) electrons. The number of aryl methyl sites for hydroxylation is 2. The van der Waals surface area contributed by atoms with E-state index in [0.717, 1.165) is 17.7 Å². The van der Waals surface area contributed by atoms with Gasteiger partial charge in [0, 0.05) is 19.3 Å². The van der Waals surface area contributed by atoms with Crippen LogP contribution in [0, 0.1) is 6.92 Å². The van der Waals surface area contributed by atoms with Gasteiger partial charge in [-0.15, -0.1) is 0 Å². The number of nitrogens with one attached hydrogen (secondary N) is 1. The first-order valence-corrected chi connectivity index (χ1v) is 8.31. The molecule has 4 rings (SSSR count). The Morgan fingerprint density at radius 2 is 2.00 bits per heavy atom. The second kappa shape index (κ2) is 6.18. The Balaban J connectivity index is 1.81. The van der Waals surface area contributed by atoms with Gasteiger partial charge < -0.3 is 14.7 Å². The van der Waals surface area contributed by atoms with Gasteiger partial charge in [0.05, 0.1) is 12.0 Å². The fraction of sp³-hybridized carbons (Fsp3) is 0.278. The van der Waals surface area contributed by atoms with Crippen molar-refractivity contribution in [2.45, 2.75) is 26.3 Å². The lowest BCUT2D eigenvalue weighted by Gasteiger charge is -2.02. The maximum absolute atomic E-state index is 12.7. The summed E-state index contributed by atoms with van der Waals surface area (Å²) in [4.78, 5) is 24.8. The summed E-state index contributed by atoms with van der Waals surface area (Å²) in [5.74, 6) is 0.497. The van der Waals surface area contributed by atoms with E-state index in [1.807, 2.05) is 35.8 Å². The first-order chi connectivity index (χ1) is 12.2. The van der Waals surface area contributed by atoms with Gasteiger partial charge in [-0.2, -0.15) is 4.98 Å². The van der Waals surface area contributed by atoms with E-state index in [4.69, 9.17) is 5.11 Å². The third-order valence-electron chi connectivity index (χ3n) is 4.35. The summed E-state index contributed by atoms with van der Waals surface area (Å²) in [6.07, 6.45) is 4.92. The molecule has 0 saturated carbocycles. The Labute approximate surface area is 143 Å². The second-order valence-electron chi connectivity index (χ2n) is 6.19. The van der Waals surface area contributed by atoms with Crippen LogP contribution in [0.3, 0.4) is 0 Å². The fourth-order valence-corrected chi connectivity index (χ4v) is 2.94. The van der Waals surface area contributed by atoms with E-state index in [-0.39, 0.29) is 12.2 Å². The lowest BCUT2D eigenvalue weighted by atomic mass is 10.1. The average Bonchev–Trinajstić information content (AvgIpc) is 3.21. The maximum atomic E-state index is 12.7. The van der Waals surface area contributed by atoms with E-state index in [0.29, 0.717) is 29.9 Å². The molecule has 2 N–H and O–H groups in total. The number of unbranched alkanes of at least 4 members (excludes halogenated alkanes) is 1. The van der Waals surface area contributed by atoms with E-state index in [9.17, 15) is 4.79 Å². The summed E-state index contributed by atoms with van der Waals surface area (Å²) in [6, 6.07) is 8.09. The van der Waals surface area contributed by atoms with Crippen molar-refractivity contribution in [1.29, 1.82) is 0 Å². The van der Waals surface area contributed by atoms with Crippen LogP contribution in [0.1, 0.15) is 18.4 Å². The first kappa shape index (κ1) is 15.6. The molecule has 25 heavy (non-hydrogen) atoms. The maximum Gasteiger partial charge on any atom is 0.287 e. The predicted molar refractivity (Wildman–Crippen MR) is 95.6 cm³/mol. The van der Waals surface area contributed by atoms with Crippen molar-refractivity contribution in [3.63, 3.8) is 0 Å². The van der Waals surface area contributed by atoms with Gasteiger partial charge in [0.1, 0.15) is 0 Å². The third-order valence-corrected chi connectivity index (χ3v) is 4.35. The minimum atomic E-state index is -0.185. The fourth-order valence-electron chi connectivity index (χ4n) is 2.94. The van der Waals surface area contributed by atoms with Crippen LogP contribution in [0.15, 0.2) is 41.6 Å². The van der Waals surface area contributed by atoms with Crippen molar-refractivity contribution in [3.8, 4) is 11.3 Å². The molecule has 3 aromatic heterocycles. The highest BCUT2D eigenvalue weighted by Gasteiger charge is 2.14. The molecule has 7 nitrogen and oxygen atoms in total. The van der Waals surface area contributed by atoms with Gasteiger partial charge in [-0.1, -0.05) is 29.8 Å². The van der Waals surface area contributed by atoms with Crippen LogP contribution in [0.25, 0.3) is 28.2 Å². The highest BCUT2D eigenvalue weighted by Crippen LogP contribution is 2.19. The number of hydrogen-bond acceptors (Lipinski definition) is 4. The van der Waals surface area contributed by atoms with Gasteiger partial charge in [0.2, 0.25) is 5.78 Å². The van der Waals surface area contributed by atoms with Crippen molar-refractivity contribution in [1.82, 2.24) is 23.9 Å². The van der Waals surface area contributed by atoms with Crippen LogP contribution in [0.4, 0.5) is 0 Å². The Bertz CT molecular complexity index is 1090. The molecule has 0 unspecified atom stereocenters. The Hall–Kier alpha value is -2.93. The third kappa shape index (κ3) is 2.72. The molecule has 1 aromatic carbocycles. The topological polar surface area (TPSA) is 88.2 Å². The van der Waals surface area contributed by atoms with Gasteiger partial charge in [0.25, 0.3) is 5.56 Å². The molecular formula is C18H19N5O2. The van der Waals surface area contributed by atoms with Gasteiger partial charge in [-0.05, 0) is 25.3 Å². The molecule has 0 aliphatic rings. The average molecular weight is 337 g/mol. The van der Waals surface area contributed by atoms with E-state index in [2.05, 4.69) is 15.0 Å². The van der Waals surface area contributed by atoms with Crippen LogP contribution in [0.2, 0.25) is 0 Å². The second-order valence-corrected chi connectivity index (χ2v) is 6.19. The van der Waals surface area contributed by atoms with Gasteiger partial charge in [-0.3, -0.25) is 4.79 Å². The van der Waals surface area contributed by atoms with Crippen molar-refractivity contribution >= 4 is 16.9 Å². The number of aromatic amines is 1. The largest absolute Gasteiger partial charge is 0.396 e. The molecule has 0 fully saturated rings. The van der Waals surface area contributed by atoms with Crippen molar-refractivity contribution in [2.24, 2.45) is 0 Å². The van der Waals surface area contributed by atoms with E-state index >= 15 is 0 Å². The molecule has 0 bridgehead atoms. The molecule has 4 aromatic rings. The lowest BCUT2D eigenvalue weighted by Crippen LogP contribution is -2.14. The molecule has 0 aliphatic heterocycles. The molecule has 0 spiro atoms. The van der Waals surface area contributed by atoms with Crippen molar-refractivity contribution < 1.29 is 5.11 Å². The number of aliphatic hydroxyl groups excluding tert-OH is 1. The molecule has 7 heteroatoms. The zero-order valence-electron chi connectivity index (χ0n) is 13.9. The Morgan fingerprint density at radius 3 is 2.76 bits per heavy atom. The minimum Gasteiger partial charge on any atom is -0.396 e. The molecule has 0 aliphatic carbocycles. The zero-order valence-corrected chi connectivity index (χ0v) is 13.9. The van der Waals surface area contributed by atoms with Crippen molar-refractivity contribution in [3.05, 3.63) is 52.7 Å². The smallest absolute Gasteiger partial charge is 0.287 e. The van der Waals surface area contributed by atoms with Gasteiger partial charge in [0.15, 0.2) is 11.2 Å². The predicted octanol–water partition coefficient (Wildman–Crippen LogP) is 2.12. The number of aliphatic hydroxyl groups is 1. The van der Waals surface area contributed by atoms with Crippen LogP contribution in [0.5, 0.6) is 0 Å². The monoisotopic (exact) mass is 337 g/mol. The summed E-state index contributed by atoms with van der Waals surface area (Å²) in [7, 11) is 0. The Kier molecular flexibility index (Phi) is 3.85. The summed E-state index contributed by atoms with van der Waals surface area (Å²) in [6.45, 7) is 2.86. The standard InChI is InChI=1S/C18H19N5O2/c1-12-4-6-13(7-5-12)14-10-23-17(25)15-16(21-18(23)20-14)22(11-19-15)8-2-3-9-24/h4-7,10-11,24H,2-3,8-9H2,1H3,(H,20,21). The molecular weight excluding hydrogens is 318 g/mol. The van der Waals surface area contributed by atoms with Crippen LogP contribution < -0.4 is 5.56 Å². The highest BCUT2D eigenvalue weighted by molar-refractivity contribution is 5.73. The first-order valence-electron chi connectivity index (χ1n) is 8.31. The van der Waals surface area contributed by atoms with Gasteiger partial charge >= 0.3 is 0 Å². The zero-order chi connectivity index (χ0) is 17.4. The summed E-state index contributed by atoms with van der Waals surface area (Å²) < 4.78 is 3.36. The van der Waals surface area contributed by atoms with E-state index < -0.39 is 0 Å². The number of imidazole rings is 2. The van der Waals surface area contributed by atoms with Crippen LogP contribution >= 0.6 is 0 Å². The molecule has 0 saturated heterocycles. The quantitative estimate of drug-likeness (QED) is 0.546. The van der Waals surface area contributed by atoms with E-state index in [1.165, 1.54) is 9.96 Å². The van der Waals surface area contributed by atoms with Gasteiger partial charge in [-0.25, -0.2) is 9.38 Å². The van der Waals surface area contributed by atoms with E-state index in [1.54, 1.807) is 12.5 Å². The molecule has 128 valence electrons. The summed E-state index contributed by atoms with van der Waals surface area (Å²) >= 11 is 0. The molecule has 0 atom stereocenters. The van der Waals surface area contributed by atoms with Crippen molar-refractivity contribution in [2.75, 3.05) is 6.61 Å².